The third-order valence-electron chi connectivity index (χ3n) is 12.0. The topological polar surface area (TPSA) is 29.5 Å². The van der Waals surface area contributed by atoms with Crippen molar-refractivity contribution in [3.63, 3.8) is 0 Å². The number of rotatable bonds is 2. The Labute approximate surface area is 191 Å². The summed E-state index contributed by atoms with van der Waals surface area (Å²) in [5.41, 5.74) is 3.08. The molecule has 176 valence electrons. The Morgan fingerprint density at radius 1 is 0.903 bits per heavy atom. The van der Waals surface area contributed by atoms with Gasteiger partial charge in [-0.1, -0.05) is 46.3 Å². The predicted octanol–water partition coefficient (Wildman–Crippen LogP) is 7.02. The first kappa shape index (κ1) is 22.5. The molecule has 8 unspecified atom stereocenters. The van der Waals surface area contributed by atoms with Crippen molar-refractivity contribution in [2.45, 2.75) is 105 Å². The number of hydrogen-bond donors (Lipinski definition) is 1. The Bertz CT molecular complexity index is 739. The fraction of sp³-hybridized carbons (Fsp3) is 0.931. The number of methoxy groups -OCH3 is 1. The average molecular weight is 429 g/mol. The van der Waals surface area contributed by atoms with Crippen molar-refractivity contribution in [1.29, 1.82) is 0 Å². The van der Waals surface area contributed by atoms with Crippen molar-refractivity contribution in [3.8, 4) is 0 Å². The predicted molar refractivity (Wildman–Crippen MR) is 128 cm³/mol. The lowest BCUT2D eigenvalue weighted by Crippen LogP contribution is -2.63. The quantitative estimate of drug-likeness (QED) is 0.479. The molecule has 1 N–H and O–H groups in total. The molecule has 2 nitrogen and oxygen atoms in total. The molecule has 0 aromatic rings. The van der Waals surface area contributed by atoms with Crippen molar-refractivity contribution < 1.29 is 9.84 Å². The first-order valence-corrected chi connectivity index (χ1v) is 13.4. The Morgan fingerprint density at radius 3 is 2.35 bits per heavy atom. The number of ether oxygens (including phenoxy) is 1. The maximum atomic E-state index is 10.5. The highest BCUT2D eigenvalue weighted by Crippen LogP contribution is 2.71. The fourth-order valence-electron chi connectivity index (χ4n) is 10.4. The van der Waals surface area contributed by atoms with Gasteiger partial charge in [-0.15, -0.1) is 0 Å². The highest BCUT2D eigenvalue weighted by Gasteiger charge is 2.64. The molecule has 0 aliphatic heterocycles. The van der Waals surface area contributed by atoms with Gasteiger partial charge >= 0.3 is 0 Å². The summed E-state index contributed by atoms with van der Waals surface area (Å²) in [7, 11) is 1.86. The van der Waals surface area contributed by atoms with Crippen LogP contribution in [-0.4, -0.2) is 24.9 Å². The number of fused-ring (bicyclic) bond motifs is 7. The minimum atomic E-state index is -0.0991. The molecule has 0 saturated heterocycles. The summed E-state index contributed by atoms with van der Waals surface area (Å²) in [6.07, 6.45) is 16.4. The maximum Gasteiger partial charge on any atom is 0.0649 e. The summed E-state index contributed by atoms with van der Waals surface area (Å²) >= 11 is 0. The molecule has 31 heavy (non-hydrogen) atoms. The van der Waals surface area contributed by atoms with E-state index in [4.69, 9.17) is 4.74 Å². The molecule has 4 fully saturated rings. The zero-order valence-corrected chi connectivity index (χ0v) is 21.2. The van der Waals surface area contributed by atoms with Crippen LogP contribution in [0.25, 0.3) is 0 Å². The van der Waals surface area contributed by atoms with Crippen LogP contribution in [0.3, 0.4) is 0 Å². The molecular weight excluding hydrogens is 380 g/mol. The van der Waals surface area contributed by atoms with Crippen LogP contribution >= 0.6 is 0 Å². The van der Waals surface area contributed by atoms with E-state index >= 15 is 0 Å². The van der Waals surface area contributed by atoms with E-state index in [9.17, 15) is 5.11 Å². The number of aliphatic hydroxyl groups is 1. The number of hydrogen-bond acceptors (Lipinski definition) is 2. The van der Waals surface area contributed by atoms with E-state index in [1.807, 2.05) is 12.7 Å². The molecule has 0 radical (unpaired) electrons. The summed E-state index contributed by atoms with van der Waals surface area (Å²) in [4.78, 5) is 0. The summed E-state index contributed by atoms with van der Waals surface area (Å²) in [5.74, 6) is 3.95. The van der Waals surface area contributed by atoms with Gasteiger partial charge < -0.3 is 9.84 Å². The van der Waals surface area contributed by atoms with Gasteiger partial charge in [-0.2, -0.15) is 0 Å². The van der Waals surface area contributed by atoms with E-state index in [2.05, 4.69) is 40.7 Å². The molecule has 4 saturated carbocycles. The fourth-order valence-corrected chi connectivity index (χ4v) is 10.4. The molecule has 0 spiro atoms. The number of allylic oxidation sites excluding steroid dienone is 2. The minimum Gasteiger partial charge on any atom is -0.396 e. The third-order valence-corrected chi connectivity index (χ3v) is 12.0. The summed E-state index contributed by atoms with van der Waals surface area (Å²) in [5, 5.41) is 10.5. The van der Waals surface area contributed by atoms with Crippen LogP contribution in [-0.2, 0) is 4.74 Å². The smallest absolute Gasteiger partial charge is 0.0649 e. The first-order valence-electron chi connectivity index (χ1n) is 13.4. The molecule has 0 heterocycles. The Balaban J connectivity index is 1.50. The van der Waals surface area contributed by atoms with Gasteiger partial charge in [0, 0.05) is 12.5 Å². The zero-order chi connectivity index (χ0) is 22.2. The highest BCUT2D eigenvalue weighted by atomic mass is 16.5. The lowest BCUT2D eigenvalue weighted by Gasteiger charge is -2.68. The Kier molecular flexibility index (Phi) is 5.31. The highest BCUT2D eigenvalue weighted by molar-refractivity contribution is 5.27. The normalized spacial score (nSPS) is 53.5. The van der Waals surface area contributed by atoms with E-state index in [0.717, 1.165) is 30.1 Å². The molecule has 0 aromatic heterocycles. The largest absolute Gasteiger partial charge is 0.396 e. The van der Waals surface area contributed by atoms with E-state index in [0.29, 0.717) is 22.2 Å². The summed E-state index contributed by atoms with van der Waals surface area (Å²) in [6, 6.07) is 0. The van der Waals surface area contributed by atoms with Crippen LogP contribution in [0.5, 0.6) is 0 Å². The van der Waals surface area contributed by atoms with E-state index in [1.54, 1.807) is 0 Å². The van der Waals surface area contributed by atoms with Gasteiger partial charge in [-0.25, -0.2) is 0 Å². The van der Waals surface area contributed by atoms with Crippen LogP contribution in [0.4, 0.5) is 0 Å². The second-order valence-electron chi connectivity index (χ2n) is 13.9. The molecule has 0 amide bonds. The van der Waals surface area contributed by atoms with Crippen LogP contribution in [0.1, 0.15) is 98.8 Å². The second-order valence-corrected chi connectivity index (χ2v) is 13.9. The van der Waals surface area contributed by atoms with Gasteiger partial charge in [0.2, 0.25) is 0 Å². The maximum absolute atomic E-state index is 10.5. The standard InChI is InChI=1S/C29H48O2/c1-26(2)14-11-19-7-9-22-20(21(19)17-26)8-10-23-27(22,3)15-12-24-28(23,4)16-13-25(31-6)29(24,5)18-30/h8,19,21-25,30H,7,9-18H2,1-6H3/t19?,21?,22?,23?,24?,25?,27?,28?,29-/m1/s1. The van der Waals surface area contributed by atoms with Gasteiger partial charge in [0.25, 0.3) is 0 Å². The average Bonchev–Trinajstić information content (AvgIpc) is 2.72. The first-order chi connectivity index (χ1) is 14.6. The van der Waals surface area contributed by atoms with Gasteiger partial charge in [0.05, 0.1) is 12.7 Å². The van der Waals surface area contributed by atoms with Crippen molar-refractivity contribution >= 4 is 0 Å². The molecule has 0 aromatic carbocycles. The third kappa shape index (κ3) is 3.09. The SMILES string of the molecule is COC1CCC2(C)C3CC=C4C5CC(C)(C)CCC5CCC4C3(C)CCC2[C@@]1(C)CO. The van der Waals surface area contributed by atoms with Crippen LogP contribution < -0.4 is 0 Å². The molecule has 5 aliphatic carbocycles. The Morgan fingerprint density at radius 2 is 1.65 bits per heavy atom. The van der Waals surface area contributed by atoms with Gasteiger partial charge in [0.15, 0.2) is 0 Å². The summed E-state index contributed by atoms with van der Waals surface area (Å²) in [6.45, 7) is 12.9. The molecule has 5 aliphatic rings. The van der Waals surface area contributed by atoms with E-state index in [-0.39, 0.29) is 18.1 Å². The second kappa shape index (κ2) is 7.33. The number of aliphatic hydroxyl groups excluding tert-OH is 1. The molecule has 2 heteroatoms. The van der Waals surface area contributed by atoms with Gasteiger partial charge in [-0.05, 0) is 110 Å². The van der Waals surface area contributed by atoms with Gasteiger partial charge in [-0.3, -0.25) is 0 Å². The summed E-state index contributed by atoms with van der Waals surface area (Å²) < 4.78 is 5.95. The molecule has 0 bridgehead atoms. The minimum absolute atomic E-state index is 0.0991. The van der Waals surface area contributed by atoms with Crippen LogP contribution in [0.2, 0.25) is 0 Å². The van der Waals surface area contributed by atoms with Crippen molar-refractivity contribution in [2.75, 3.05) is 13.7 Å². The Hall–Kier alpha value is -0.340. The van der Waals surface area contributed by atoms with Crippen LogP contribution in [0.15, 0.2) is 11.6 Å². The lowest BCUT2D eigenvalue weighted by atomic mass is 9.37. The van der Waals surface area contributed by atoms with Crippen molar-refractivity contribution in [1.82, 2.24) is 0 Å². The van der Waals surface area contributed by atoms with Gasteiger partial charge in [0.1, 0.15) is 0 Å². The van der Waals surface area contributed by atoms with Crippen molar-refractivity contribution in [3.05, 3.63) is 11.6 Å². The molecule has 5 rings (SSSR count). The zero-order valence-electron chi connectivity index (χ0n) is 21.2. The van der Waals surface area contributed by atoms with E-state index < -0.39 is 0 Å². The van der Waals surface area contributed by atoms with Crippen LogP contribution in [0, 0.1) is 51.2 Å². The monoisotopic (exact) mass is 428 g/mol. The van der Waals surface area contributed by atoms with E-state index in [1.165, 1.54) is 57.8 Å². The van der Waals surface area contributed by atoms with Crippen molar-refractivity contribution in [2.24, 2.45) is 51.2 Å². The molecular formula is C29H48O2. The molecule has 9 atom stereocenters. The lowest BCUT2D eigenvalue weighted by molar-refractivity contribution is -0.205.